The number of nitrogen functional groups attached to an aromatic ring is 1. The molecular weight excluding hydrogens is 476 g/mol. The molecule has 0 saturated carbocycles. The molecule has 3 heterocycles. The minimum Gasteiger partial charge on any atom is -0.487 e. The molecule has 0 spiro atoms. The summed E-state index contributed by atoms with van der Waals surface area (Å²) in [6, 6.07) is 4.56. The lowest BCUT2D eigenvalue weighted by molar-refractivity contribution is 0.306. The fraction of sp³-hybridized carbons (Fsp3) is 0.227. The van der Waals surface area contributed by atoms with Crippen LogP contribution in [0.1, 0.15) is 30.0 Å². The zero-order chi connectivity index (χ0) is 23.0. The molecule has 6 nitrogen and oxygen atoms in total. The lowest BCUT2D eigenvalue weighted by atomic mass is 10.0. The van der Waals surface area contributed by atoms with E-state index in [1.54, 1.807) is 0 Å². The van der Waals surface area contributed by atoms with Gasteiger partial charge in [-0.2, -0.15) is 0 Å². The van der Waals surface area contributed by atoms with Gasteiger partial charge in [0.15, 0.2) is 11.6 Å². The van der Waals surface area contributed by atoms with E-state index >= 15 is 0 Å². The molecule has 1 aliphatic heterocycles. The predicted octanol–water partition coefficient (Wildman–Crippen LogP) is 5.75. The molecule has 1 fully saturated rings. The van der Waals surface area contributed by atoms with Gasteiger partial charge in [0.2, 0.25) is 0 Å². The maximum Gasteiger partial charge on any atom is 0.166 e. The molecule has 0 aliphatic carbocycles. The van der Waals surface area contributed by atoms with Crippen LogP contribution in [0.5, 0.6) is 5.75 Å². The smallest absolute Gasteiger partial charge is 0.166 e. The van der Waals surface area contributed by atoms with Gasteiger partial charge in [-0.25, -0.2) is 9.37 Å². The van der Waals surface area contributed by atoms with Gasteiger partial charge < -0.3 is 15.4 Å². The molecule has 1 saturated heterocycles. The quantitative estimate of drug-likeness (QED) is 0.336. The van der Waals surface area contributed by atoms with Crippen LogP contribution in [-0.4, -0.2) is 28.3 Å². The summed E-state index contributed by atoms with van der Waals surface area (Å²) in [4.78, 5) is 10.0. The summed E-state index contributed by atoms with van der Waals surface area (Å²) in [7, 11) is 0. The highest BCUT2D eigenvalue weighted by Crippen LogP contribution is 2.34. The molecule has 3 N–H and O–H groups in total. The van der Waals surface area contributed by atoms with Crippen molar-refractivity contribution in [1.82, 2.24) is 9.97 Å². The maximum absolute atomic E-state index is 14.7. The highest BCUT2D eigenvalue weighted by Gasteiger charge is 2.27. The van der Waals surface area contributed by atoms with Crippen LogP contribution in [0, 0.1) is 11.2 Å². The summed E-state index contributed by atoms with van der Waals surface area (Å²) in [5.74, 6) is 0.0910. The summed E-state index contributed by atoms with van der Waals surface area (Å²) in [5.41, 5.74) is 7.53. The van der Waals surface area contributed by atoms with Crippen molar-refractivity contribution in [3.8, 4) is 5.75 Å². The number of pyridine rings is 2. The van der Waals surface area contributed by atoms with Crippen molar-refractivity contribution in [3.63, 3.8) is 0 Å². The van der Waals surface area contributed by atoms with Gasteiger partial charge in [-0.3, -0.25) is 10.4 Å². The molecule has 0 bridgehead atoms. The van der Waals surface area contributed by atoms with E-state index in [2.05, 4.69) is 9.97 Å². The van der Waals surface area contributed by atoms with Crippen molar-refractivity contribution < 1.29 is 9.13 Å². The number of nitrogens with one attached hydrogen (secondary N) is 1. The van der Waals surface area contributed by atoms with E-state index in [0.29, 0.717) is 32.6 Å². The molecule has 32 heavy (non-hydrogen) atoms. The van der Waals surface area contributed by atoms with E-state index in [1.165, 1.54) is 36.8 Å². The Labute approximate surface area is 199 Å². The van der Waals surface area contributed by atoms with Crippen LogP contribution in [0.25, 0.3) is 0 Å². The van der Waals surface area contributed by atoms with Crippen molar-refractivity contribution in [3.05, 3.63) is 74.4 Å². The Morgan fingerprint density at radius 1 is 1.19 bits per heavy atom. The van der Waals surface area contributed by atoms with Gasteiger partial charge in [0.1, 0.15) is 12.4 Å². The minimum absolute atomic E-state index is 0.00130. The Morgan fingerprint density at radius 3 is 2.50 bits per heavy atom. The van der Waals surface area contributed by atoms with E-state index < -0.39 is 5.82 Å². The lowest BCUT2D eigenvalue weighted by Crippen LogP contribution is -2.46. The van der Waals surface area contributed by atoms with Crippen LogP contribution in [0.2, 0.25) is 15.1 Å². The maximum atomic E-state index is 14.7. The number of anilines is 2. The number of halogens is 4. The number of benzene rings is 1. The van der Waals surface area contributed by atoms with Crippen LogP contribution >= 0.6 is 34.8 Å². The van der Waals surface area contributed by atoms with Gasteiger partial charge in [0, 0.05) is 53.6 Å². The Bertz CT molecular complexity index is 1190. The van der Waals surface area contributed by atoms with Gasteiger partial charge in [0.25, 0.3) is 0 Å². The second-order valence-electron chi connectivity index (χ2n) is 7.48. The Kier molecular flexibility index (Phi) is 6.42. The predicted molar refractivity (Wildman–Crippen MR) is 126 cm³/mol. The van der Waals surface area contributed by atoms with Crippen LogP contribution < -0.4 is 15.4 Å². The van der Waals surface area contributed by atoms with Crippen LogP contribution in [0.3, 0.4) is 0 Å². The Hall–Kier alpha value is -2.61. The molecule has 1 atom stereocenters. The van der Waals surface area contributed by atoms with Crippen molar-refractivity contribution in [2.75, 3.05) is 17.2 Å². The van der Waals surface area contributed by atoms with Gasteiger partial charge in [-0.15, -0.1) is 0 Å². The fourth-order valence-corrected chi connectivity index (χ4v) is 4.09. The van der Waals surface area contributed by atoms with Crippen LogP contribution in [-0.2, 0) is 6.61 Å². The molecule has 0 radical (unpaired) electrons. The van der Waals surface area contributed by atoms with Gasteiger partial charge in [-0.05, 0) is 31.5 Å². The molecule has 2 aromatic heterocycles. The van der Waals surface area contributed by atoms with E-state index in [0.717, 1.165) is 13.0 Å². The summed E-state index contributed by atoms with van der Waals surface area (Å²) in [6.45, 7) is 2.82. The van der Waals surface area contributed by atoms with E-state index in [9.17, 15) is 4.39 Å². The molecule has 0 amide bonds. The monoisotopic (exact) mass is 493 g/mol. The first-order valence-corrected chi connectivity index (χ1v) is 10.9. The van der Waals surface area contributed by atoms with Crippen LogP contribution in [0.4, 0.5) is 15.9 Å². The number of rotatable bonds is 6. The van der Waals surface area contributed by atoms with E-state index in [-0.39, 0.29) is 34.8 Å². The van der Waals surface area contributed by atoms with Crippen LogP contribution in [0.15, 0.2) is 36.8 Å². The first-order valence-electron chi connectivity index (χ1n) is 9.77. The third kappa shape index (κ3) is 4.33. The second-order valence-corrected chi connectivity index (χ2v) is 8.70. The third-order valence-electron chi connectivity index (χ3n) is 5.40. The molecular formula is C22H19Cl3FN5O. The van der Waals surface area contributed by atoms with E-state index in [1.807, 2.05) is 11.8 Å². The summed E-state index contributed by atoms with van der Waals surface area (Å²) >= 11 is 18.6. The molecule has 0 unspecified atom stereocenters. The number of ether oxygens (including phenoxy) is 1. The number of hydrogen-bond donors (Lipinski definition) is 2. The molecule has 166 valence electrons. The molecule has 1 aromatic carbocycles. The number of nitrogens with two attached hydrogens (primary N) is 1. The summed E-state index contributed by atoms with van der Waals surface area (Å²) < 4.78 is 20.5. The highest BCUT2D eigenvalue weighted by molar-refractivity contribution is 6.35. The van der Waals surface area contributed by atoms with Crippen molar-refractivity contribution >= 4 is 52.0 Å². The molecule has 3 aromatic rings. The molecule has 1 aliphatic rings. The van der Waals surface area contributed by atoms with E-state index in [4.69, 9.17) is 50.7 Å². The molecule has 4 rings (SSSR count). The average Bonchev–Trinajstić information content (AvgIpc) is 2.74. The SMILES string of the molecule is C[C@H]1CCN1c1ncc(C(=N)c2cc(OCc3c(Cl)cncc3Cl)c(Cl)cc2N)cc1F. The molecule has 10 heteroatoms. The third-order valence-corrected chi connectivity index (χ3v) is 6.35. The normalized spacial score (nSPS) is 15.4. The van der Waals surface area contributed by atoms with Crippen molar-refractivity contribution in [2.24, 2.45) is 0 Å². The second kappa shape index (κ2) is 9.10. The number of aromatic nitrogens is 2. The van der Waals surface area contributed by atoms with Gasteiger partial charge in [-0.1, -0.05) is 34.8 Å². The zero-order valence-electron chi connectivity index (χ0n) is 17.0. The highest BCUT2D eigenvalue weighted by atomic mass is 35.5. The average molecular weight is 495 g/mol. The Morgan fingerprint density at radius 2 is 1.91 bits per heavy atom. The van der Waals surface area contributed by atoms with Gasteiger partial charge in [0.05, 0.1) is 20.8 Å². The standard InChI is InChI=1S/C22H19Cl3FN5O/c1-11-2-3-31(11)22-18(26)4-12(7-30-22)21(28)13-5-20(15(23)6-19(13)27)32-10-14-16(24)8-29-9-17(14)25/h4-9,11,28H,2-3,10,27H2,1H3/t11-/m0/s1. The fourth-order valence-electron chi connectivity index (χ4n) is 3.39. The summed E-state index contributed by atoms with van der Waals surface area (Å²) in [6.07, 6.45) is 5.39. The zero-order valence-corrected chi connectivity index (χ0v) is 19.3. The van der Waals surface area contributed by atoms with Gasteiger partial charge >= 0.3 is 0 Å². The van der Waals surface area contributed by atoms with Crippen molar-refractivity contribution in [1.29, 1.82) is 5.41 Å². The topological polar surface area (TPSA) is 88.1 Å². The van der Waals surface area contributed by atoms with Crippen molar-refractivity contribution in [2.45, 2.75) is 26.0 Å². The summed E-state index contributed by atoms with van der Waals surface area (Å²) in [5, 5.41) is 9.54. The first kappa shape index (κ1) is 22.6. The number of hydrogen-bond acceptors (Lipinski definition) is 6. The minimum atomic E-state index is -0.482. The number of nitrogens with zero attached hydrogens (tertiary/aromatic N) is 3. The largest absolute Gasteiger partial charge is 0.487 e. The first-order chi connectivity index (χ1) is 15.3. The lowest BCUT2D eigenvalue weighted by Gasteiger charge is -2.39. The Balaban J connectivity index is 1.59.